The first-order chi connectivity index (χ1) is 9.78. The number of aryl methyl sites for hydroxylation is 1. The van der Waals surface area contributed by atoms with E-state index < -0.39 is 33.2 Å². The van der Waals surface area contributed by atoms with E-state index in [9.17, 15) is 13.2 Å². The topological polar surface area (TPSA) is 133 Å². The van der Waals surface area contributed by atoms with Crippen molar-refractivity contribution >= 4 is 16.0 Å². The maximum Gasteiger partial charge on any atom is 0.340 e. The number of aromatic amines is 1. The van der Waals surface area contributed by atoms with Crippen LogP contribution >= 0.6 is 0 Å². The highest BCUT2D eigenvalue weighted by Gasteiger charge is 2.39. The molecule has 3 N–H and O–H groups in total. The summed E-state index contributed by atoms with van der Waals surface area (Å²) in [6, 6.07) is -0.476. The molecule has 0 aromatic carbocycles. The summed E-state index contributed by atoms with van der Waals surface area (Å²) in [5.74, 6) is -1.36. The molecule has 2 rings (SSSR count). The fraction of sp³-hybridized carbons (Fsp3) is 0.636. The summed E-state index contributed by atoms with van der Waals surface area (Å²) in [5.41, 5.74) is -0.199. The molecule has 0 spiro atoms. The van der Waals surface area contributed by atoms with Crippen molar-refractivity contribution in [2.45, 2.75) is 31.0 Å². The van der Waals surface area contributed by atoms with Crippen LogP contribution in [0.1, 0.15) is 23.0 Å². The van der Waals surface area contributed by atoms with Crippen LogP contribution in [0.15, 0.2) is 5.03 Å². The van der Waals surface area contributed by atoms with E-state index in [0.717, 1.165) is 4.31 Å². The molecule has 1 fully saturated rings. The molecule has 21 heavy (non-hydrogen) atoms. The molecular weight excluding hydrogens is 302 g/mol. The molecule has 0 amide bonds. The Hall–Kier alpha value is -1.49. The van der Waals surface area contributed by atoms with Gasteiger partial charge in [0.15, 0.2) is 0 Å². The molecule has 10 heteroatoms. The van der Waals surface area contributed by atoms with Crippen LogP contribution in [0.4, 0.5) is 0 Å². The minimum Gasteiger partial charge on any atom is -0.478 e. The predicted octanol–water partition coefficient (Wildman–Crippen LogP) is -0.813. The van der Waals surface area contributed by atoms with Crippen LogP contribution in [0.25, 0.3) is 0 Å². The number of nitrogens with one attached hydrogen (secondary N) is 1. The van der Waals surface area contributed by atoms with Crippen LogP contribution in [0.3, 0.4) is 0 Å². The van der Waals surface area contributed by atoms with Gasteiger partial charge in [0, 0.05) is 18.3 Å². The second kappa shape index (κ2) is 5.72. The Bertz CT molecular complexity index is 640. The van der Waals surface area contributed by atoms with Gasteiger partial charge < -0.3 is 14.9 Å². The fourth-order valence-electron chi connectivity index (χ4n) is 2.19. The van der Waals surface area contributed by atoms with E-state index in [2.05, 4.69) is 10.2 Å². The van der Waals surface area contributed by atoms with Crippen molar-refractivity contribution in [3.63, 3.8) is 0 Å². The van der Waals surface area contributed by atoms with Crippen LogP contribution in [-0.4, -0.2) is 71.0 Å². The molecule has 0 radical (unpaired) electrons. The average Bonchev–Trinajstić information content (AvgIpc) is 2.82. The lowest BCUT2D eigenvalue weighted by atomic mass is 10.2. The minimum absolute atomic E-state index is 0.0506. The van der Waals surface area contributed by atoms with E-state index >= 15 is 0 Å². The molecule has 118 valence electrons. The largest absolute Gasteiger partial charge is 0.478 e. The van der Waals surface area contributed by atoms with Gasteiger partial charge in [-0.15, -0.1) is 0 Å². The molecular formula is C11H17N3O6S. The Kier molecular flexibility index (Phi) is 4.33. The molecule has 0 saturated carbocycles. The highest BCUT2D eigenvalue weighted by atomic mass is 32.2. The Morgan fingerprint density at radius 1 is 1.57 bits per heavy atom. The first kappa shape index (κ1) is 15.9. The van der Waals surface area contributed by atoms with E-state index in [1.54, 1.807) is 6.92 Å². The van der Waals surface area contributed by atoms with Crippen LogP contribution in [0, 0.1) is 6.92 Å². The van der Waals surface area contributed by atoms with Crippen molar-refractivity contribution in [3.8, 4) is 0 Å². The highest BCUT2D eigenvalue weighted by molar-refractivity contribution is 7.89. The SMILES string of the molecule is Cc1[nH]nc(S(=O)(=O)N2CC(CO)OCC2C)c1C(=O)O. The minimum atomic E-state index is -4.09. The molecule has 2 heterocycles. The van der Waals surface area contributed by atoms with Gasteiger partial charge in [0.2, 0.25) is 5.03 Å². The number of aromatic carboxylic acids is 1. The Morgan fingerprint density at radius 3 is 2.81 bits per heavy atom. The molecule has 2 unspecified atom stereocenters. The molecule has 1 saturated heterocycles. The molecule has 1 aliphatic rings. The summed E-state index contributed by atoms with van der Waals surface area (Å²) in [6.45, 7) is 2.84. The number of ether oxygens (including phenoxy) is 1. The highest BCUT2D eigenvalue weighted by Crippen LogP contribution is 2.25. The van der Waals surface area contributed by atoms with Gasteiger partial charge >= 0.3 is 5.97 Å². The summed E-state index contributed by atoms with van der Waals surface area (Å²) in [7, 11) is -4.09. The lowest BCUT2D eigenvalue weighted by molar-refractivity contribution is -0.0517. The molecule has 1 aliphatic heterocycles. The lowest BCUT2D eigenvalue weighted by Gasteiger charge is -2.35. The van der Waals surface area contributed by atoms with E-state index in [4.69, 9.17) is 14.9 Å². The zero-order chi connectivity index (χ0) is 15.8. The van der Waals surface area contributed by atoms with E-state index in [1.807, 2.05) is 0 Å². The van der Waals surface area contributed by atoms with Crippen molar-refractivity contribution in [1.29, 1.82) is 0 Å². The maximum atomic E-state index is 12.6. The number of carboxylic acid groups (broad SMARTS) is 1. The molecule has 1 aromatic rings. The number of rotatable bonds is 4. The second-order valence-electron chi connectivity index (χ2n) is 4.90. The molecule has 9 nitrogen and oxygen atoms in total. The van der Waals surface area contributed by atoms with Crippen molar-refractivity contribution in [2.75, 3.05) is 19.8 Å². The Morgan fingerprint density at radius 2 is 2.24 bits per heavy atom. The van der Waals surface area contributed by atoms with Crippen molar-refractivity contribution in [1.82, 2.24) is 14.5 Å². The van der Waals surface area contributed by atoms with Crippen molar-refractivity contribution in [3.05, 3.63) is 11.3 Å². The number of carboxylic acids is 1. The number of aliphatic hydroxyl groups excluding tert-OH is 1. The second-order valence-corrected chi connectivity index (χ2v) is 6.70. The summed E-state index contributed by atoms with van der Waals surface area (Å²) in [6.07, 6.45) is -0.635. The third kappa shape index (κ3) is 2.79. The number of morpholine rings is 1. The van der Waals surface area contributed by atoms with Crippen LogP contribution in [0.2, 0.25) is 0 Å². The van der Waals surface area contributed by atoms with Gasteiger partial charge in [-0.25, -0.2) is 13.2 Å². The van der Waals surface area contributed by atoms with Crippen LogP contribution in [0.5, 0.6) is 0 Å². The van der Waals surface area contributed by atoms with E-state index in [1.165, 1.54) is 6.92 Å². The Balaban J connectivity index is 2.44. The molecule has 0 aliphatic carbocycles. The van der Waals surface area contributed by atoms with E-state index in [0.29, 0.717) is 0 Å². The number of H-pyrrole nitrogens is 1. The lowest BCUT2D eigenvalue weighted by Crippen LogP contribution is -2.52. The first-order valence-corrected chi connectivity index (χ1v) is 7.75. The number of hydrogen-bond acceptors (Lipinski definition) is 6. The van der Waals surface area contributed by atoms with Gasteiger partial charge in [-0.3, -0.25) is 5.10 Å². The number of aromatic nitrogens is 2. The number of sulfonamides is 1. The number of carbonyl (C=O) groups is 1. The molecule has 1 aromatic heterocycles. The molecule has 2 atom stereocenters. The van der Waals surface area contributed by atoms with Gasteiger partial charge in [-0.1, -0.05) is 0 Å². The van der Waals surface area contributed by atoms with Crippen molar-refractivity contribution in [2.24, 2.45) is 0 Å². The number of aliphatic hydroxyl groups is 1. The summed E-state index contributed by atoms with van der Waals surface area (Å²) in [5, 5.41) is 23.8. The number of hydrogen-bond donors (Lipinski definition) is 3. The third-order valence-corrected chi connectivity index (χ3v) is 5.24. The summed E-state index contributed by atoms with van der Waals surface area (Å²) in [4.78, 5) is 11.2. The average molecular weight is 319 g/mol. The van der Waals surface area contributed by atoms with Crippen molar-refractivity contribution < 1.29 is 28.2 Å². The smallest absolute Gasteiger partial charge is 0.340 e. The van der Waals surface area contributed by atoms with Gasteiger partial charge in [0.1, 0.15) is 5.56 Å². The summed E-state index contributed by atoms with van der Waals surface area (Å²) >= 11 is 0. The summed E-state index contributed by atoms with van der Waals surface area (Å²) < 4.78 is 31.7. The normalized spacial score (nSPS) is 24.1. The van der Waals surface area contributed by atoms with Gasteiger partial charge in [0.25, 0.3) is 10.0 Å². The van der Waals surface area contributed by atoms with Gasteiger partial charge in [-0.05, 0) is 13.8 Å². The van der Waals surface area contributed by atoms with Crippen LogP contribution in [-0.2, 0) is 14.8 Å². The zero-order valence-electron chi connectivity index (χ0n) is 11.6. The first-order valence-electron chi connectivity index (χ1n) is 6.31. The monoisotopic (exact) mass is 319 g/mol. The molecule has 0 bridgehead atoms. The maximum absolute atomic E-state index is 12.6. The zero-order valence-corrected chi connectivity index (χ0v) is 12.4. The Labute approximate surface area is 121 Å². The predicted molar refractivity (Wildman–Crippen MR) is 70.5 cm³/mol. The third-order valence-electron chi connectivity index (χ3n) is 3.33. The fourth-order valence-corrected chi connectivity index (χ4v) is 3.97. The quantitative estimate of drug-likeness (QED) is 0.660. The van der Waals surface area contributed by atoms with E-state index in [-0.39, 0.29) is 31.0 Å². The van der Waals surface area contributed by atoms with Gasteiger partial charge in [0.05, 0.1) is 19.3 Å². The van der Waals surface area contributed by atoms with Crippen LogP contribution < -0.4 is 0 Å². The number of nitrogens with zero attached hydrogens (tertiary/aromatic N) is 2. The van der Waals surface area contributed by atoms with Gasteiger partial charge in [-0.2, -0.15) is 9.40 Å². The standard InChI is InChI=1S/C11H17N3O6S/c1-6-5-20-8(4-15)3-14(6)21(18,19)10-9(11(16)17)7(2)12-13-10/h6,8,15H,3-5H2,1-2H3,(H,12,13)(H,16,17).